The van der Waals surface area contributed by atoms with Gasteiger partial charge in [-0.3, -0.25) is 4.98 Å². The Kier molecular flexibility index (Phi) is 3.49. The van der Waals surface area contributed by atoms with E-state index in [1.807, 2.05) is 0 Å². The Labute approximate surface area is 110 Å². The van der Waals surface area contributed by atoms with E-state index in [0.717, 1.165) is 0 Å². The number of ether oxygens (including phenoxy) is 1. The van der Waals surface area contributed by atoms with E-state index in [0.29, 0.717) is 16.5 Å². The zero-order valence-electron chi connectivity index (χ0n) is 8.45. The third-order valence-electron chi connectivity index (χ3n) is 1.96. The van der Waals surface area contributed by atoms with Crippen molar-refractivity contribution in [3.05, 3.63) is 45.9 Å². The van der Waals surface area contributed by atoms with E-state index >= 15 is 0 Å². The molecule has 0 aliphatic rings. The Morgan fingerprint density at radius 3 is 2.76 bits per heavy atom. The molecule has 88 valence electrons. The SMILES string of the molecule is Nc1cc(F)c(Br)cc1Oc1cncc(Cl)c1. The van der Waals surface area contributed by atoms with Gasteiger partial charge in [-0.1, -0.05) is 11.6 Å². The highest BCUT2D eigenvalue weighted by Gasteiger charge is 2.08. The molecule has 1 aromatic carbocycles. The zero-order chi connectivity index (χ0) is 12.4. The van der Waals surface area contributed by atoms with Gasteiger partial charge in [0, 0.05) is 24.4 Å². The molecular weight excluding hydrogens is 310 g/mol. The van der Waals surface area contributed by atoms with Crippen molar-refractivity contribution in [3.8, 4) is 11.5 Å². The molecule has 2 aromatic rings. The quantitative estimate of drug-likeness (QED) is 0.851. The summed E-state index contributed by atoms with van der Waals surface area (Å²) in [6, 6.07) is 4.22. The third kappa shape index (κ3) is 2.87. The van der Waals surface area contributed by atoms with Gasteiger partial charge >= 0.3 is 0 Å². The summed E-state index contributed by atoms with van der Waals surface area (Å²) in [6.45, 7) is 0. The van der Waals surface area contributed by atoms with Crippen LogP contribution in [0, 0.1) is 5.82 Å². The van der Waals surface area contributed by atoms with Crippen molar-refractivity contribution in [2.75, 3.05) is 5.73 Å². The molecular formula is C11H7BrClFN2O. The molecule has 0 amide bonds. The number of halogens is 3. The first-order valence-corrected chi connectivity index (χ1v) is 5.76. The standard InChI is InChI=1S/C11H7BrClFN2O/c12-8-2-11(10(15)3-9(8)14)17-7-1-6(13)4-16-5-7/h1-5H,15H2. The van der Waals surface area contributed by atoms with Crippen LogP contribution in [0.3, 0.4) is 0 Å². The lowest BCUT2D eigenvalue weighted by Crippen LogP contribution is -1.94. The first-order chi connectivity index (χ1) is 8.06. The minimum absolute atomic E-state index is 0.200. The number of nitrogens with two attached hydrogens (primary N) is 1. The minimum Gasteiger partial charge on any atom is -0.453 e. The van der Waals surface area contributed by atoms with Crippen LogP contribution in [0.4, 0.5) is 10.1 Å². The van der Waals surface area contributed by atoms with Crippen molar-refractivity contribution < 1.29 is 9.13 Å². The molecule has 0 saturated heterocycles. The maximum atomic E-state index is 13.1. The van der Waals surface area contributed by atoms with Crippen molar-refractivity contribution >= 4 is 33.2 Å². The molecule has 1 aromatic heterocycles. The highest BCUT2D eigenvalue weighted by Crippen LogP contribution is 2.32. The second kappa shape index (κ2) is 4.89. The van der Waals surface area contributed by atoms with E-state index in [2.05, 4.69) is 20.9 Å². The van der Waals surface area contributed by atoms with E-state index in [1.165, 1.54) is 24.5 Å². The molecule has 0 unspecified atom stereocenters. The Morgan fingerprint density at radius 2 is 2.06 bits per heavy atom. The van der Waals surface area contributed by atoms with E-state index in [4.69, 9.17) is 22.1 Å². The highest BCUT2D eigenvalue weighted by molar-refractivity contribution is 9.10. The normalized spacial score (nSPS) is 10.3. The monoisotopic (exact) mass is 316 g/mol. The summed E-state index contributed by atoms with van der Waals surface area (Å²) < 4.78 is 18.9. The molecule has 1 heterocycles. The number of benzene rings is 1. The fraction of sp³-hybridized carbons (Fsp3) is 0. The van der Waals surface area contributed by atoms with Crippen molar-refractivity contribution in [3.63, 3.8) is 0 Å². The van der Waals surface area contributed by atoms with Gasteiger partial charge in [-0.25, -0.2) is 4.39 Å². The van der Waals surface area contributed by atoms with E-state index < -0.39 is 5.82 Å². The average Bonchev–Trinajstić information content (AvgIpc) is 2.26. The Morgan fingerprint density at radius 1 is 1.29 bits per heavy atom. The van der Waals surface area contributed by atoms with Crippen LogP contribution in [0.25, 0.3) is 0 Å². The second-order valence-electron chi connectivity index (χ2n) is 3.25. The number of hydrogen-bond acceptors (Lipinski definition) is 3. The van der Waals surface area contributed by atoms with Crippen molar-refractivity contribution in [2.24, 2.45) is 0 Å². The lowest BCUT2D eigenvalue weighted by Gasteiger charge is -2.09. The summed E-state index contributed by atoms with van der Waals surface area (Å²) in [4.78, 5) is 3.87. The lowest BCUT2D eigenvalue weighted by atomic mass is 10.3. The average molecular weight is 318 g/mol. The molecule has 0 aliphatic carbocycles. The first-order valence-electron chi connectivity index (χ1n) is 4.59. The molecule has 2 N–H and O–H groups in total. The number of nitrogen functional groups attached to an aromatic ring is 1. The summed E-state index contributed by atoms with van der Waals surface area (Å²) >= 11 is 8.82. The summed E-state index contributed by atoms with van der Waals surface area (Å²) in [5.74, 6) is 0.323. The van der Waals surface area contributed by atoms with Gasteiger partial charge in [0.2, 0.25) is 0 Å². The van der Waals surface area contributed by atoms with Gasteiger partial charge in [0.15, 0.2) is 5.75 Å². The van der Waals surface area contributed by atoms with Gasteiger partial charge in [-0.05, 0) is 15.9 Å². The summed E-state index contributed by atoms with van der Waals surface area (Å²) in [5, 5.41) is 0.447. The fourth-order valence-corrected chi connectivity index (χ4v) is 1.69. The van der Waals surface area contributed by atoms with Crippen LogP contribution in [0.5, 0.6) is 11.5 Å². The Hall–Kier alpha value is -1.33. The lowest BCUT2D eigenvalue weighted by molar-refractivity contribution is 0.480. The maximum absolute atomic E-state index is 13.1. The topological polar surface area (TPSA) is 48.1 Å². The maximum Gasteiger partial charge on any atom is 0.151 e. The van der Waals surface area contributed by atoms with Crippen LogP contribution >= 0.6 is 27.5 Å². The van der Waals surface area contributed by atoms with Crippen LogP contribution in [-0.2, 0) is 0 Å². The van der Waals surface area contributed by atoms with Crippen molar-refractivity contribution in [1.82, 2.24) is 4.98 Å². The van der Waals surface area contributed by atoms with Gasteiger partial charge < -0.3 is 10.5 Å². The molecule has 0 aliphatic heterocycles. The summed E-state index contributed by atoms with van der Waals surface area (Å²) in [6.07, 6.45) is 2.97. The summed E-state index contributed by atoms with van der Waals surface area (Å²) in [5.41, 5.74) is 5.84. The van der Waals surface area contributed by atoms with Crippen molar-refractivity contribution in [1.29, 1.82) is 0 Å². The molecule has 17 heavy (non-hydrogen) atoms. The predicted molar refractivity (Wildman–Crippen MR) is 67.8 cm³/mol. The fourth-order valence-electron chi connectivity index (χ4n) is 1.21. The largest absolute Gasteiger partial charge is 0.453 e. The molecule has 0 saturated carbocycles. The molecule has 2 rings (SSSR count). The molecule has 0 bridgehead atoms. The molecule has 0 spiro atoms. The van der Waals surface area contributed by atoms with Gasteiger partial charge in [-0.15, -0.1) is 0 Å². The molecule has 3 nitrogen and oxygen atoms in total. The van der Waals surface area contributed by atoms with E-state index in [1.54, 1.807) is 6.07 Å². The smallest absolute Gasteiger partial charge is 0.151 e. The van der Waals surface area contributed by atoms with Crippen LogP contribution < -0.4 is 10.5 Å². The van der Waals surface area contributed by atoms with Crippen LogP contribution in [0.1, 0.15) is 0 Å². The van der Waals surface area contributed by atoms with Crippen LogP contribution in [0.2, 0.25) is 5.02 Å². The highest BCUT2D eigenvalue weighted by atomic mass is 79.9. The Balaban J connectivity index is 2.33. The predicted octanol–water partition coefficient (Wildman–Crippen LogP) is 4.01. The minimum atomic E-state index is -0.445. The van der Waals surface area contributed by atoms with Crippen LogP contribution in [0.15, 0.2) is 35.1 Å². The first kappa shape index (κ1) is 12.1. The van der Waals surface area contributed by atoms with Gasteiger partial charge in [0.1, 0.15) is 11.6 Å². The van der Waals surface area contributed by atoms with Crippen molar-refractivity contribution in [2.45, 2.75) is 0 Å². The number of hydrogen-bond donors (Lipinski definition) is 1. The zero-order valence-corrected chi connectivity index (χ0v) is 10.8. The second-order valence-corrected chi connectivity index (χ2v) is 4.54. The van der Waals surface area contributed by atoms with Gasteiger partial charge in [0.25, 0.3) is 0 Å². The number of nitrogens with zero attached hydrogens (tertiary/aromatic N) is 1. The molecule has 0 fully saturated rings. The number of pyridine rings is 1. The number of aromatic nitrogens is 1. The number of anilines is 1. The van der Waals surface area contributed by atoms with Crippen LogP contribution in [-0.4, -0.2) is 4.98 Å². The van der Waals surface area contributed by atoms with Gasteiger partial charge in [-0.2, -0.15) is 0 Å². The van der Waals surface area contributed by atoms with Gasteiger partial charge in [0.05, 0.1) is 21.4 Å². The third-order valence-corrected chi connectivity index (χ3v) is 2.77. The summed E-state index contributed by atoms with van der Waals surface area (Å²) in [7, 11) is 0. The Bertz CT molecular complexity index is 565. The number of rotatable bonds is 2. The molecule has 6 heteroatoms. The molecule has 0 atom stereocenters. The van der Waals surface area contributed by atoms with E-state index in [9.17, 15) is 4.39 Å². The van der Waals surface area contributed by atoms with E-state index in [-0.39, 0.29) is 10.2 Å². The molecule has 0 radical (unpaired) electrons.